The normalized spacial score (nSPS) is 16.1. The van der Waals surface area contributed by atoms with Crippen molar-refractivity contribution in [3.8, 4) is 5.69 Å². The summed E-state index contributed by atoms with van der Waals surface area (Å²) in [4.78, 5) is 9.46. The SMILES string of the molecule is Clc1ccc(Nc2nc(NC[C@H]3CCCO3)nc3c2cnn3-c2ccccc2)cc1. The van der Waals surface area contributed by atoms with Gasteiger partial charge in [-0.2, -0.15) is 15.1 Å². The van der Waals surface area contributed by atoms with Gasteiger partial charge in [0.15, 0.2) is 5.65 Å². The molecule has 0 unspecified atom stereocenters. The van der Waals surface area contributed by atoms with Gasteiger partial charge in [-0.1, -0.05) is 29.8 Å². The quantitative estimate of drug-likeness (QED) is 0.466. The highest BCUT2D eigenvalue weighted by molar-refractivity contribution is 6.30. The molecule has 1 atom stereocenters. The van der Waals surface area contributed by atoms with Crippen molar-refractivity contribution in [3.63, 3.8) is 0 Å². The molecular formula is C22H21ClN6O. The minimum absolute atomic E-state index is 0.191. The van der Waals surface area contributed by atoms with E-state index in [4.69, 9.17) is 26.3 Å². The van der Waals surface area contributed by atoms with Crippen molar-refractivity contribution in [2.24, 2.45) is 0 Å². The lowest BCUT2D eigenvalue weighted by Gasteiger charge is -2.13. The van der Waals surface area contributed by atoms with Crippen LogP contribution in [0.25, 0.3) is 16.7 Å². The monoisotopic (exact) mass is 420 g/mol. The zero-order valence-electron chi connectivity index (χ0n) is 16.3. The number of anilines is 3. The lowest BCUT2D eigenvalue weighted by molar-refractivity contribution is 0.120. The van der Waals surface area contributed by atoms with E-state index < -0.39 is 0 Å². The van der Waals surface area contributed by atoms with Crippen LogP contribution in [0.2, 0.25) is 5.02 Å². The number of fused-ring (bicyclic) bond motifs is 1. The number of nitrogens with one attached hydrogen (secondary N) is 2. The molecule has 2 N–H and O–H groups in total. The molecule has 3 heterocycles. The van der Waals surface area contributed by atoms with E-state index in [-0.39, 0.29) is 6.10 Å². The van der Waals surface area contributed by atoms with Gasteiger partial charge in [-0.3, -0.25) is 0 Å². The summed E-state index contributed by atoms with van der Waals surface area (Å²) in [5, 5.41) is 12.8. The fourth-order valence-electron chi connectivity index (χ4n) is 3.52. The van der Waals surface area contributed by atoms with Crippen LogP contribution in [0.15, 0.2) is 60.8 Å². The molecule has 8 heteroatoms. The summed E-state index contributed by atoms with van der Waals surface area (Å²) in [6, 6.07) is 17.4. The van der Waals surface area contributed by atoms with Gasteiger partial charge < -0.3 is 15.4 Å². The molecule has 152 valence electrons. The Morgan fingerprint density at radius 3 is 2.67 bits per heavy atom. The standard InChI is InChI=1S/C22H21ClN6O/c23-15-8-10-16(11-9-15)26-20-19-14-25-29(17-5-2-1-3-6-17)21(19)28-22(27-20)24-13-18-7-4-12-30-18/h1-3,5-6,8-11,14,18H,4,7,12-13H2,(H2,24,26,27,28)/t18-/m1/s1. The Labute approximate surface area is 179 Å². The van der Waals surface area contributed by atoms with Gasteiger partial charge in [-0.15, -0.1) is 0 Å². The van der Waals surface area contributed by atoms with E-state index in [0.29, 0.717) is 23.3 Å². The highest BCUT2D eigenvalue weighted by atomic mass is 35.5. The molecule has 0 radical (unpaired) electrons. The van der Waals surface area contributed by atoms with E-state index in [2.05, 4.69) is 15.7 Å². The maximum atomic E-state index is 6.02. The van der Waals surface area contributed by atoms with Crippen LogP contribution in [-0.4, -0.2) is 39.0 Å². The number of hydrogen-bond donors (Lipinski definition) is 2. The van der Waals surface area contributed by atoms with Gasteiger partial charge in [0.1, 0.15) is 5.82 Å². The molecule has 0 aliphatic carbocycles. The predicted molar refractivity (Wildman–Crippen MR) is 119 cm³/mol. The molecule has 5 rings (SSSR count). The Balaban J connectivity index is 1.54. The Morgan fingerprint density at radius 1 is 1.07 bits per heavy atom. The number of hydrogen-bond acceptors (Lipinski definition) is 6. The fourth-order valence-corrected chi connectivity index (χ4v) is 3.65. The molecular weight excluding hydrogens is 400 g/mol. The highest BCUT2D eigenvalue weighted by Crippen LogP contribution is 2.27. The molecule has 1 saturated heterocycles. The first-order valence-corrected chi connectivity index (χ1v) is 10.3. The summed E-state index contributed by atoms with van der Waals surface area (Å²) >= 11 is 6.02. The van der Waals surface area contributed by atoms with Gasteiger partial charge in [0, 0.05) is 23.9 Å². The predicted octanol–water partition coefficient (Wildman–Crippen LogP) is 4.80. The van der Waals surface area contributed by atoms with Gasteiger partial charge in [0.2, 0.25) is 5.95 Å². The van der Waals surface area contributed by atoms with Crippen molar-refractivity contribution >= 4 is 40.1 Å². The summed E-state index contributed by atoms with van der Waals surface area (Å²) in [5.74, 6) is 1.21. The van der Waals surface area contributed by atoms with Crippen molar-refractivity contribution < 1.29 is 4.74 Å². The summed E-state index contributed by atoms with van der Waals surface area (Å²) in [7, 11) is 0. The van der Waals surface area contributed by atoms with Gasteiger partial charge in [0.05, 0.1) is 23.4 Å². The van der Waals surface area contributed by atoms with Crippen LogP contribution in [0.5, 0.6) is 0 Å². The molecule has 0 saturated carbocycles. The average molecular weight is 421 g/mol. The van der Waals surface area contributed by atoms with Gasteiger partial charge in [-0.05, 0) is 49.2 Å². The molecule has 2 aromatic heterocycles. The molecule has 1 fully saturated rings. The minimum Gasteiger partial charge on any atom is -0.376 e. The molecule has 0 bridgehead atoms. The first kappa shape index (κ1) is 18.8. The Morgan fingerprint density at radius 2 is 1.90 bits per heavy atom. The molecule has 1 aliphatic rings. The molecule has 0 amide bonds. The van der Waals surface area contributed by atoms with E-state index >= 15 is 0 Å². The van der Waals surface area contributed by atoms with Crippen molar-refractivity contribution in [3.05, 3.63) is 65.8 Å². The van der Waals surface area contributed by atoms with E-state index in [1.165, 1.54) is 0 Å². The van der Waals surface area contributed by atoms with Gasteiger partial charge >= 0.3 is 0 Å². The Hall–Kier alpha value is -3.16. The van der Waals surface area contributed by atoms with E-state index in [1.54, 1.807) is 6.20 Å². The number of aromatic nitrogens is 4. The van der Waals surface area contributed by atoms with Crippen LogP contribution >= 0.6 is 11.6 Å². The van der Waals surface area contributed by atoms with Crippen molar-refractivity contribution in [2.75, 3.05) is 23.8 Å². The smallest absolute Gasteiger partial charge is 0.226 e. The largest absolute Gasteiger partial charge is 0.376 e. The maximum Gasteiger partial charge on any atom is 0.226 e. The third-order valence-electron chi connectivity index (χ3n) is 5.05. The minimum atomic E-state index is 0.191. The Kier molecular flexibility index (Phi) is 5.21. The zero-order valence-corrected chi connectivity index (χ0v) is 17.0. The van der Waals surface area contributed by atoms with Crippen molar-refractivity contribution in [2.45, 2.75) is 18.9 Å². The number of benzene rings is 2. The lowest BCUT2D eigenvalue weighted by atomic mass is 10.2. The molecule has 1 aliphatic heterocycles. The van der Waals surface area contributed by atoms with Crippen molar-refractivity contribution in [1.82, 2.24) is 19.7 Å². The molecule has 2 aromatic carbocycles. The second-order valence-electron chi connectivity index (χ2n) is 7.17. The fraction of sp³-hybridized carbons (Fsp3) is 0.227. The van der Waals surface area contributed by atoms with Crippen molar-refractivity contribution in [1.29, 1.82) is 0 Å². The highest BCUT2D eigenvalue weighted by Gasteiger charge is 2.18. The molecule has 4 aromatic rings. The maximum absolute atomic E-state index is 6.02. The van der Waals surface area contributed by atoms with Gasteiger partial charge in [0.25, 0.3) is 0 Å². The summed E-state index contributed by atoms with van der Waals surface area (Å²) < 4.78 is 7.53. The third kappa shape index (κ3) is 3.94. The summed E-state index contributed by atoms with van der Waals surface area (Å²) in [5.41, 5.74) is 2.55. The topological polar surface area (TPSA) is 76.9 Å². The summed E-state index contributed by atoms with van der Waals surface area (Å²) in [6.45, 7) is 1.49. The number of para-hydroxylation sites is 1. The first-order valence-electron chi connectivity index (χ1n) is 9.95. The molecule has 30 heavy (non-hydrogen) atoms. The van der Waals surface area contributed by atoms with E-state index in [9.17, 15) is 0 Å². The third-order valence-corrected chi connectivity index (χ3v) is 5.30. The zero-order chi connectivity index (χ0) is 20.3. The average Bonchev–Trinajstić information content (AvgIpc) is 3.44. The lowest BCUT2D eigenvalue weighted by Crippen LogP contribution is -2.20. The second kappa shape index (κ2) is 8.30. The van der Waals surface area contributed by atoms with Crippen LogP contribution < -0.4 is 10.6 Å². The van der Waals surface area contributed by atoms with Crippen LogP contribution in [-0.2, 0) is 4.74 Å². The number of halogens is 1. The molecule has 7 nitrogen and oxygen atoms in total. The van der Waals surface area contributed by atoms with E-state index in [1.807, 2.05) is 59.3 Å². The second-order valence-corrected chi connectivity index (χ2v) is 7.61. The first-order chi connectivity index (χ1) is 14.8. The number of rotatable bonds is 6. The summed E-state index contributed by atoms with van der Waals surface area (Å²) in [6.07, 6.45) is 4.12. The van der Waals surface area contributed by atoms with Crippen LogP contribution in [0.1, 0.15) is 12.8 Å². The van der Waals surface area contributed by atoms with Crippen LogP contribution in [0, 0.1) is 0 Å². The Bertz CT molecular complexity index is 1140. The van der Waals surface area contributed by atoms with Gasteiger partial charge in [-0.25, -0.2) is 4.68 Å². The molecule has 0 spiro atoms. The van der Waals surface area contributed by atoms with Crippen LogP contribution in [0.3, 0.4) is 0 Å². The van der Waals surface area contributed by atoms with Crippen LogP contribution in [0.4, 0.5) is 17.5 Å². The van der Waals surface area contributed by atoms with E-state index in [0.717, 1.165) is 41.9 Å². The number of nitrogens with zero attached hydrogens (tertiary/aromatic N) is 4. The number of ether oxygens (including phenoxy) is 1.